The van der Waals surface area contributed by atoms with E-state index in [9.17, 15) is 4.79 Å². The Bertz CT molecular complexity index is 720. The molecule has 5 nitrogen and oxygen atoms in total. The van der Waals surface area contributed by atoms with Gasteiger partial charge in [0, 0.05) is 30.7 Å². The van der Waals surface area contributed by atoms with Gasteiger partial charge in [0.2, 0.25) is 5.91 Å². The van der Waals surface area contributed by atoms with Crippen LogP contribution in [0.2, 0.25) is 0 Å². The molecule has 0 unspecified atom stereocenters. The molecule has 2 heterocycles. The first-order valence-corrected chi connectivity index (χ1v) is 7.53. The highest BCUT2D eigenvalue weighted by molar-refractivity contribution is 5.98. The number of hydrogen-bond acceptors (Lipinski definition) is 4. The second-order valence-corrected chi connectivity index (χ2v) is 5.97. The lowest BCUT2D eigenvalue weighted by molar-refractivity contribution is -0.117. The normalized spacial score (nSPS) is 17.8. The van der Waals surface area contributed by atoms with Crippen LogP contribution >= 0.6 is 0 Å². The second kappa shape index (κ2) is 4.69. The fourth-order valence-electron chi connectivity index (χ4n) is 2.72. The molecule has 0 spiro atoms. The number of carbonyl (C=O) groups is 1. The molecule has 21 heavy (non-hydrogen) atoms. The molecule has 2 aliphatic carbocycles. The van der Waals surface area contributed by atoms with Gasteiger partial charge in [-0.2, -0.15) is 0 Å². The largest absolute Gasteiger partial charge is 0.373 e. The summed E-state index contributed by atoms with van der Waals surface area (Å²) in [4.78, 5) is 20.7. The summed E-state index contributed by atoms with van der Waals surface area (Å²) >= 11 is 0. The predicted octanol–water partition coefficient (Wildman–Crippen LogP) is 2.90. The zero-order valence-corrected chi connectivity index (χ0v) is 12.0. The zero-order chi connectivity index (χ0) is 14.4. The highest BCUT2D eigenvalue weighted by Crippen LogP contribution is 2.44. The molecule has 2 aromatic heterocycles. The van der Waals surface area contributed by atoms with E-state index < -0.39 is 0 Å². The molecular formula is C16H18N4O. The smallest absolute Gasteiger partial charge is 0.228 e. The third-order valence-corrected chi connectivity index (χ3v) is 4.26. The Hall–Kier alpha value is -2.17. The van der Waals surface area contributed by atoms with E-state index in [-0.39, 0.29) is 11.8 Å². The first-order valence-electron chi connectivity index (χ1n) is 7.53. The summed E-state index contributed by atoms with van der Waals surface area (Å²) in [5.41, 5.74) is 1.27. The average Bonchev–Trinajstić information content (AvgIpc) is 3.39. The van der Waals surface area contributed by atoms with Crippen molar-refractivity contribution >= 4 is 28.3 Å². The van der Waals surface area contributed by atoms with Crippen molar-refractivity contribution in [2.45, 2.75) is 31.6 Å². The lowest BCUT2D eigenvalue weighted by atomic mass is 10.1. The number of carbonyl (C=O) groups excluding carboxylic acids is 1. The minimum atomic E-state index is 0.0951. The molecule has 0 aromatic carbocycles. The molecule has 0 aliphatic heterocycles. The first-order chi connectivity index (χ1) is 10.3. The van der Waals surface area contributed by atoms with Crippen molar-refractivity contribution in [3.63, 3.8) is 0 Å². The molecular weight excluding hydrogens is 264 g/mol. The summed E-state index contributed by atoms with van der Waals surface area (Å²) in [6, 6.07) is 1.99. The van der Waals surface area contributed by atoms with Crippen LogP contribution in [0, 0.1) is 5.92 Å². The van der Waals surface area contributed by atoms with Crippen molar-refractivity contribution in [3.8, 4) is 0 Å². The maximum atomic E-state index is 11.9. The number of nitrogens with one attached hydrogen (secondary N) is 2. The van der Waals surface area contributed by atoms with Crippen LogP contribution in [0.3, 0.4) is 0 Å². The predicted molar refractivity (Wildman–Crippen MR) is 82.4 cm³/mol. The van der Waals surface area contributed by atoms with Crippen molar-refractivity contribution in [1.29, 1.82) is 0 Å². The standard InChI is InChI=1S/C16H18N4O/c1-17-15-13-8-18-14(20-16(21)10-4-5-10)6-11(13)12(7-19-15)9-2-3-9/h6-10H,2-5H2,1H3,(H,17,19)(H,18,20,21). The Morgan fingerprint density at radius 3 is 2.62 bits per heavy atom. The molecule has 5 heteroatoms. The van der Waals surface area contributed by atoms with Crippen molar-refractivity contribution in [2.75, 3.05) is 17.7 Å². The van der Waals surface area contributed by atoms with Gasteiger partial charge in [0.15, 0.2) is 0 Å². The van der Waals surface area contributed by atoms with Gasteiger partial charge in [-0.3, -0.25) is 4.79 Å². The van der Waals surface area contributed by atoms with Gasteiger partial charge < -0.3 is 10.6 Å². The van der Waals surface area contributed by atoms with Crippen LogP contribution in [0.15, 0.2) is 18.5 Å². The van der Waals surface area contributed by atoms with E-state index in [0.717, 1.165) is 29.4 Å². The van der Waals surface area contributed by atoms with Crippen molar-refractivity contribution in [3.05, 3.63) is 24.0 Å². The average molecular weight is 282 g/mol. The van der Waals surface area contributed by atoms with Gasteiger partial charge in [-0.1, -0.05) is 0 Å². The number of aromatic nitrogens is 2. The summed E-state index contributed by atoms with van der Waals surface area (Å²) in [6.45, 7) is 0. The van der Waals surface area contributed by atoms with Gasteiger partial charge in [-0.25, -0.2) is 9.97 Å². The number of amides is 1. The molecule has 2 saturated carbocycles. The fraction of sp³-hybridized carbons (Fsp3) is 0.438. The Morgan fingerprint density at radius 2 is 1.95 bits per heavy atom. The Morgan fingerprint density at radius 1 is 1.14 bits per heavy atom. The summed E-state index contributed by atoms with van der Waals surface area (Å²) in [7, 11) is 1.86. The summed E-state index contributed by atoms with van der Waals surface area (Å²) in [6.07, 6.45) is 8.21. The van der Waals surface area contributed by atoms with E-state index in [1.54, 1.807) is 0 Å². The van der Waals surface area contributed by atoms with Crippen LogP contribution in [0.5, 0.6) is 0 Å². The molecule has 0 radical (unpaired) electrons. The summed E-state index contributed by atoms with van der Waals surface area (Å²) in [5, 5.41) is 8.21. The fourth-order valence-corrected chi connectivity index (χ4v) is 2.72. The molecule has 2 fully saturated rings. The Kier molecular flexibility index (Phi) is 2.80. The first kappa shape index (κ1) is 12.6. The molecule has 108 valence electrons. The second-order valence-electron chi connectivity index (χ2n) is 5.97. The van der Waals surface area contributed by atoms with Gasteiger partial charge in [0.05, 0.1) is 0 Å². The lowest BCUT2D eigenvalue weighted by Crippen LogP contribution is -2.14. The molecule has 0 atom stereocenters. The molecule has 4 rings (SSSR count). The molecule has 2 aliphatic rings. The summed E-state index contributed by atoms with van der Waals surface area (Å²) < 4.78 is 0. The van der Waals surface area contributed by atoms with Gasteiger partial charge in [0.25, 0.3) is 0 Å². The number of anilines is 2. The topological polar surface area (TPSA) is 66.9 Å². The van der Waals surface area contributed by atoms with E-state index in [2.05, 4.69) is 20.6 Å². The van der Waals surface area contributed by atoms with Crippen LogP contribution in [0.25, 0.3) is 10.8 Å². The maximum Gasteiger partial charge on any atom is 0.228 e. The minimum Gasteiger partial charge on any atom is -0.373 e. The third-order valence-electron chi connectivity index (χ3n) is 4.26. The van der Waals surface area contributed by atoms with Gasteiger partial charge in [0.1, 0.15) is 11.6 Å². The van der Waals surface area contributed by atoms with Crippen molar-refractivity contribution in [2.24, 2.45) is 5.92 Å². The third kappa shape index (κ3) is 2.33. The van der Waals surface area contributed by atoms with Gasteiger partial charge >= 0.3 is 0 Å². The number of fused-ring (bicyclic) bond motifs is 1. The van der Waals surface area contributed by atoms with E-state index in [1.165, 1.54) is 18.4 Å². The van der Waals surface area contributed by atoms with Gasteiger partial charge in [-0.05, 0) is 48.6 Å². The van der Waals surface area contributed by atoms with Crippen molar-refractivity contribution < 1.29 is 4.79 Å². The van der Waals surface area contributed by atoms with Crippen LogP contribution in [0.1, 0.15) is 37.2 Å². The summed E-state index contributed by atoms with van der Waals surface area (Å²) in [5.74, 6) is 2.38. The van der Waals surface area contributed by atoms with E-state index in [0.29, 0.717) is 11.7 Å². The number of nitrogens with zero attached hydrogens (tertiary/aromatic N) is 2. The van der Waals surface area contributed by atoms with E-state index in [1.807, 2.05) is 25.5 Å². The molecule has 1 amide bonds. The van der Waals surface area contributed by atoms with Crippen LogP contribution in [0.4, 0.5) is 11.6 Å². The molecule has 0 bridgehead atoms. The van der Waals surface area contributed by atoms with E-state index in [4.69, 9.17) is 0 Å². The molecule has 2 aromatic rings. The highest BCUT2D eigenvalue weighted by atomic mass is 16.2. The zero-order valence-electron chi connectivity index (χ0n) is 12.0. The number of rotatable bonds is 4. The quantitative estimate of drug-likeness (QED) is 0.905. The van der Waals surface area contributed by atoms with Gasteiger partial charge in [-0.15, -0.1) is 0 Å². The minimum absolute atomic E-state index is 0.0951. The van der Waals surface area contributed by atoms with Crippen LogP contribution in [-0.2, 0) is 4.79 Å². The van der Waals surface area contributed by atoms with E-state index >= 15 is 0 Å². The van der Waals surface area contributed by atoms with Crippen LogP contribution in [-0.4, -0.2) is 22.9 Å². The highest BCUT2D eigenvalue weighted by Gasteiger charge is 2.30. The maximum absolute atomic E-state index is 11.9. The SMILES string of the molecule is CNc1ncc(C2CC2)c2cc(NC(=O)C3CC3)ncc12. The van der Waals surface area contributed by atoms with Crippen LogP contribution < -0.4 is 10.6 Å². The Labute approximate surface area is 123 Å². The number of hydrogen-bond donors (Lipinski definition) is 2. The lowest BCUT2D eigenvalue weighted by Gasteiger charge is -2.11. The molecule has 0 saturated heterocycles. The Balaban J connectivity index is 1.76. The monoisotopic (exact) mass is 282 g/mol. The van der Waals surface area contributed by atoms with Crippen molar-refractivity contribution in [1.82, 2.24) is 9.97 Å². The molecule has 2 N–H and O–H groups in total. The number of pyridine rings is 2.